The van der Waals surface area contributed by atoms with E-state index in [1.54, 1.807) is 7.11 Å². The number of aromatic nitrogens is 2. The molecule has 68 valence electrons. The van der Waals surface area contributed by atoms with Gasteiger partial charge in [0.15, 0.2) is 0 Å². The Hall–Kier alpha value is -0.870. The number of nitrogens with zero attached hydrogens (tertiary/aromatic N) is 2. The van der Waals surface area contributed by atoms with Crippen LogP contribution in [0, 0.1) is 6.92 Å². The third-order valence-electron chi connectivity index (χ3n) is 1.43. The van der Waals surface area contributed by atoms with Crippen LogP contribution in [-0.4, -0.2) is 30.3 Å². The summed E-state index contributed by atoms with van der Waals surface area (Å²) >= 11 is 0. The van der Waals surface area contributed by atoms with Crippen molar-refractivity contribution in [2.45, 2.75) is 13.5 Å². The van der Waals surface area contributed by atoms with E-state index < -0.39 is 0 Å². The zero-order valence-electron chi connectivity index (χ0n) is 7.49. The van der Waals surface area contributed by atoms with E-state index in [0.717, 1.165) is 6.54 Å². The van der Waals surface area contributed by atoms with Gasteiger partial charge in [-0.2, -0.15) is 5.10 Å². The van der Waals surface area contributed by atoms with Crippen LogP contribution in [0.25, 0.3) is 0 Å². The molecule has 0 atom stereocenters. The molecule has 1 aromatic rings. The molecule has 0 saturated carbocycles. The van der Waals surface area contributed by atoms with Gasteiger partial charge in [0.25, 0.3) is 0 Å². The van der Waals surface area contributed by atoms with E-state index in [2.05, 4.69) is 5.10 Å². The SMILES string of the molecule is COCOCCn1cc(C)cn1. The lowest BCUT2D eigenvalue weighted by Gasteiger charge is -2.02. The monoisotopic (exact) mass is 170 g/mol. The number of aryl methyl sites for hydroxylation is 1. The quantitative estimate of drug-likeness (QED) is 0.484. The second kappa shape index (κ2) is 4.90. The predicted molar refractivity (Wildman–Crippen MR) is 44.8 cm³/mol. The summed E-state index contributed by atoms with van der Waals surface area (Å²) in [4.78, 5) is 0. The van der Waals surface area contributed by atoms with E-state index in [0.29, 0.717) is 13.4 Å². The van der Waals surface area contributed by atoms with E-state index >= 15 is 0 Å². The number of rotatable bonds is 5. The van der Waals surface area contributed by atoms with E-state index in [9.17, 15) is 0 Å². The second-order valence-corrected chi connectivity index (χ2v) is 2.60. The Morgan fingerprint density at radius 2 is 2.42 bits per heavy atom. The molecule has 4 nitrogen and oxygen atoms in total. The van der Waals surface area contributed by atoms with Gasteiger partial charge in [0, 0.05) is 13.3 Å². The van der Waals surface area contributed by atoms with Gasteiger partial charge in [-0.3, -0.25) is 4.68 Å². The fourth-order valence-corrected chi connectivity index (χ4v) is 0.890. The summed E-state index contributed by atoms with van der Waals surface area (Å²) in [7, 11) is 1.61. The van der Waals surface area contributed by atoms with E-state index in [4.69, 9.17) is 9.47 Å². The Morgan fingerprint density at radius 3 is 3.00 bits per heavy atom. The van der Waals surface area contributed by atoms with Crippen LogP contribution in [-0.2, 0) is 16.0 Å². The van der Waals surface area contributed by atoms with Crippen molar-refractivity contribution >= 4 is 0 Å². The third kappa shape index (κ3) is 3.02. The third-order valence-corrected chi connectivity index (χ3v) is 1.43. The van der Waals surface area contributed by atoms with Crippen LogP contribution in [0.4, 0.5) is 0 Å². The maximum atomic E-state index is 5.11. The van der Waals surface area contributed by atoms with Crippen molar-refractivity contribution < 1.29 is 9.47 Å². The molecular formula is C8H14N2O2. The minimum atomic E-state index is 0.347. The summed E-state index contributed by atoms with van der Waals surface area (Å²) < 4.78 is 11.7. The van der Waals surface area contributed by atoms with Gasteiger partial charge in [-0.05, 0) is 12.5 Å². The lowest BCUT2D eigenvalue weighted by Crippen LogP contribution is -2.07. The summed E-state index contributed by atoms with van der Waals surface area (Å²) in [5, 5.41) is 4.11. The fraction of sp³-hybridized carbons (Fsp3) is 0.625. The number of hydrogen-bond acceptors (Lipinski definition) is 3. The van der Waals surface area contributed by atoms with E-state index in [1.807, 2.05) is 24.0 Å². The van der Waals surface area contributed by atoms with Crippen LogP contribution in [0.3, 0.4) is 0 Å². The molecule has 0 aliphatic carbocycles. The van der Waals surface area contributed by atoms with E-state index in [-0.39, 0.29) is 0 Å². The molecule has 12 heavy (non-hydrogen) atoms. The first-order chi connectivity index (χ1) is 5.83. The van der Waals surface area contributed by atoms with Crippen molar-refractivity contribution in [1.29, 1.82) is 0 Å². The summed E-state index contributed by atoms with van der Waals surface area (Å²) in [6, 6.07) is 0. The summed E-state index contributed by atoms with van der Waals surface area (Å²) in [5.41, 5.74) is 1.17. The molecule has 0 amide bonds. The smallest absolute Gasteiger partial charge is 0.146 e. The summed E-state index contributed by atoms with van der Waals surface area (Å²) in [6.45, 7) is 3.77. The second-order valence-electron chi connectivity index (χ2n) is 2.60. The predicted octanol–water partition coefficient (Wildman–Crippen LogP) is 0.812. The Bertz CT molecular complexity index is 223. The number of methoxy groups -OCH3 is 1. The van der Waals surface area contributed by atoms with Gasteiger partial charge >= 0.3 is 0 Å². The molecule has 1 aromatic heterocycles. The molecular weight excluding hydrogens is 156 g/mol. The highest BCUT2D eigenvalue weighted by atomic mass is 16.7. The van der Waals surface area contributed by atoms with Crippen LogP contribution in [0.15, 0.2) is 12.4 Å². The highest BCUT2D eigenvalue weighted by Crippen LogP contribution is 1.93. The molecule has 1 heterocycles. The van der Waals surface area contributed by atoms with Gasteiger partial charge in [0.2, 0.25) is 0 Å². The highest BCUT2D eigenvalue weighted by Gasteiger charge is 1.92. The normalized spacial score (nSPS) is 10.5. The van der Waals surface area contributed by atoms with Crippen LogP contribution in [0.2, 0.25) is 0 Å². The van der Waals surface area contributed by atoms with Crippen molar-refractivity contribution in [2.24, 2.45) is 0 Å². The van der Waals surface area contributed by atoms with Crippen LogP contribution >= 0.6 is 0 Å². The molecule has 0 fully saturated rings. The van der Waals surface area contributed by atoms with Crippen molar-refractivity contribution in [1.82, 2.24) is 9.78 Å². The minimum absolute atomic E-state index is 0.347. The summed E-state index contributed by atoms with van der Waals surface area (Å²) in [5.74, 6) is 0. The maximum Gasteiger partial charge on any atom is 0.146 e. The van der Waals surface area contributed by atoms with Crippen molar-refractivity contribution in [3.63, 3.8) is 0 Å². The maximum absolute atomic E-state index is 5.11. The van der Waals surface area contributed by atoms with Crippen LogP contribution in [0.5, 0.6) is 0 Å². The first kappa shape index (κ1) is 9.22. The van der Waals surface area contributed by atoms with Crippen molar-refractivity contribution in [3.05, 3.63) is 18.0 Å². The molecule has 0 spiro atoms. The lowest BCUT2D eigenvalue weighted by molar-refractivity contribution is -0.0336. The largest absolute Gasteiger partial charge is 0.359 e. The molecule has 0 saturated heterocycles. The highest BCUT2D eigenvalue weighted by molar-refractivity contribution is 4.99. The average molecular weight is 170 g/mol. The van der Waals surface area contributed by atoms with Gasteiger partial charge in [-0.1, -0.05) is 0 Å². The lowest BCUT2D eigenvalue weighted by atomic mass is 10.4. The molecule has 0 N–H and O–H groups in total. The van der Waals surface area contributed by atoms with E-state index in [1.165, 1.54) is 5.56 Å². The zero-order chi connectivity index (χ0) is 8.81. The first-order valence-corrected chi connectivity index (χ1v) is 3.88. The van der Waals surface area contributed by atoms with Crippen molar-refractivity contribution in [3.8, 4) is 0 Å². The molecule has 0 bridgehead atoms. The Morgan fingerprint density at radius 1 is 1.58 bits per heavy atom. The fourth-order valence-electron chi connectivity index (χ4n) is 0.890. The molecule has 4 heteroatoms. The Balaban J connectivity index is 2.15. The van der Waals surface area contributed by atoms with Gasteiger partial charge in [0.05, 0.1) is 19.3 Å². The van der Waals surface area contributed by atoms with Gasteiger partial charge in [0.1, 0.15) is 6.79 Å². The molecule has 0 aliphatic rings. The van der Waals surface area contributed by atoms with Gasteiger partial charge in [-0.15, -0.1) is 0 Å². The topological polar surface area (TPSA) is 36.3 Å². The summed E-state index contributed by atoms with van der Waals surface area (Å²) in [6.07, 6.45) is 3.81. The Labute approximate surface area is 72.1 Å². The molecule has 1 rings (SSSR count). The number of hydrogen-bond donors (Lipinski definition) is 0. The van der Waals surface area contributed by atoms with Crippen LogP contribution in [0.1, 0.15) is 5.56 Å². The first-order valence-electron chi connectivity index (χ1n) is 3.88. The zero-order valence-corrected chi connectivity index (χ0v) is 7.49. The van der Waals surface area contributed by atoms with Gasteiger partial charge in [-0.25, -0.2) is 0 Å². The number of ether oxygens (including phenoxy) is 2. The molecule has 0 radical (unpaired) electrons. The Kier molecular flexibility index (Phi) is 3.76. The molecule has 0 unspecified atom stereocenters. The standard InChI is InChI=1S/C8H14N2O2/c1-8-5-9-10(6-8)3-4-12-7-11-2/h5-6H,3-4,7H2,1-2H3. The van der Waals surface area contributed by atoms with Gasteiger partial charge < -0.3 is 9.47 Å². The van der Waals surface area contributed by atoms with Crippen molar-refractivity contribution in [2.75, 3.05) is 20.5 Å². The molecule has 0 aliphatic heterocycles. The van der Waals surface area contributed by atoms with Crippen LogP contribution < -0.4 is 0 Å². The minimum Gasteiger partial charge on any atom is -0.359 e. The average Bonchev–Trinajstić information content (AvgIpc) is 2.45. The molecule has 0 aromatic carbocycles.